The molecule has 0 bridgehead atoms. The number of nitrogens with one attached hydrogen (secondary N) is 2. The Balaban J connectivity index is 0.00000300. The molecule has 29 heavy (non-hydrogen) atoms. The van der Waals surface area contributed by atoms with Crippen LogP contribution in [0.2, 0.25) is 5.02 Å². The minimum Gasteiger partial charge on any atom is -0.508 e. The molecule has 158 valence electrons. The SMILES string of the molecule is CCNC(=NCc1cc(OC)ccc1O)NC1CCN(c2ncccc2Cl)C1.I. The van der Waals surface area contributed by atoms with Gasteiger partial charge in [-0.15, -0.1) is 24.0 Å². The number of nitrogens with zero attached hydrogens (tertiary/aromatic N) is 3. The van der Waals surface area contributed by atoms with Crippen molar-refractivity contribution in [3.63, 3.8) is 0 Å². The second kappa shape index (κ2) is 11.3. The van der Waals surface area contributed by atoms with Crippen molar-refractivity contribution in [1.82, 2.24) is 15.6 Å². The van der Waals surface area contributed by atoms with E-state index >= 15 is 0 Å². The highest BCUT2D eigenvalue weighted by molar-refractivity contribution is 14.0. The molecule has 0 amide bonds. The van der Waals surface area contributed by atoms with E-state index in [4.69, 9.17) is 16.3 Å². The molecule has 3 N–H and O–H groups in total. The van der Waals surface area contributed by atoms with Crippen molar-refractivity contribution in [1.29, 1.82) is 0 Å². The standard InChI is InChI=1S/C20H26ClN5O2.HI/c1-3-22-20(24-12-14-11-16(28-2)6-7-18(14)27)25-15-8-10-26(13-15)19-17(21)5-4-9-23-19;/h4-7,9,11,15,27H,3,8,10,12-13H2,1-2H3,(H2,22,24,25);1H. The predicted octanol–water partition coefficient (Wildman–Crippen LogP) is 3.40. The predicted molar refractivity (Wildman–Crippen MR) is 128 cm³/mol. The Bertz CT molecular complexity index is 836. The van der Waals surface area contributed by atoms with Crippen LogP contribution in [0, 0.1) is 0 Å². The fourth-order valence-electron chi connectivity index (χ4n) is 3.17. The van der Waals surface area contributed by atoms with Gasteiger partial charge >= 0.3 is 0 Å². The van der Waals surface area contributed by atoms with Crippen LogP contribution in [-0.4, -0.2) is 48.8 Å². The number of ether oxygens (including phenoxy) is 1. The number of hydrogen-bond acceptors (Lipinski definition) is 5. The maximum absolute atomic E-state index is 10.1. The summed E-state index contributed by atoms with van der Waals surface area (Å²) >= 11 is 6.27. The van der Waals surface area contributed by atoms with E-state index in [9.17, 15) is 5.11 Å². The van der Waals surface area contributed by atoms with Crippen LogP contribution in [-0.2, 0) is 6.54 Å². The van der Waals surface area contributed by atoms with Crippen LogP contribution in [0.15, 0.2) is 41.5 Å². The van der Waals surface area contributed by atoms with Gasteiger partial charge in [0.05, 0.1) is 18.7 Å². The Labute approximate surface area is 193 Å². The summed E-state index contributed by atoms with van der Waals surface area (Å²) in [7, 11) is 1.60. The highest BCUT2D eigenvalue weighted by Gasteiger charge is 2.25. The van der Waals surface area contributed by atoms with Crippen LogP contribution in [0.3, 0.4) is 0 Å². The minimum absolute atomic E-state index is 0. The summed E-state index contributed by atoms with van der Waals surface area (Å²) in [6.45, 7) is 4.80. The third-order valence-corrected chi connectivity index (χ3v) is 4.90. The summed E-state index contributed by atoms with van der Waals surface area (Å²) in [6, 6.07) is 9.06. The average Bonchev–Trinajstić information content (AvgIpc) is 3.16. The van der Waals surface area contributed by atoms with E-state index in [0.717, 1.165) is 31.9 Å². The molecule has 9 heteroatoms. The van der Waals surface area contributed by atoms with Crippen molar-refractivity contribution in [3.05, 3.63) is 47.1 Å². The smallest absolute Gasteiger partial charge is 0.191 e. The van der Waals surface area contributed by atoms with Crippen molar-refractivity contribution < 1.29 is 9.84 Å². The zero-order valence-electron chi connectivity index (χ0n) is 16.6. The number of aromatic hydroxyl groups is 1. The number of rotatable bonds is 6. The third-order valence-electron chi connectivity index (χ3n) is 4.61. The van der Waals surface area contributed by atoms with E-state index in [0.29, 0.717) is 28.8 Å². The molecule has 1 unspecified atom stereocenters. The topological polar surface area (TPSA) is 82.0 Å². The van der Waals surface area contributed by atoms with Crippen LogP contribution in [0.4, 0.5) is 5.82 Å². The Hall–Kier alpha value is -1.94. The lowest BCUT2D eigenvalue weighted by Gasteiger charge is -2.20. The van der Waals surface area contributed by atoms with Crippen LogP contribution in [0.5, 0.6) is 11.5 Å². The molecule has 0 saturated carbocycles. The molecular formula is C20H27ClIN5O2. The monoisotopic (exact) mass is 531 g/mol. The lowest BCUT2D eigenvalue weighted by Crippen LogP contribution is -2.44. The quantitative estimate of drug-likeness (QED) is 0.301. The zero-order valence-corrected chi connectivity index (χ0v) is 19.6. The number of benzene rings is 1. The summed E-state index contributed by atoms with van der Waals surface area (Å²) in [4.78, 5) is 11.2. The molecule has 1 aromatic carbocycles. The number of guanidine groups is 1. The Morgan fingerprint density at radius 1 is 1.41 bits per heavy atom. The van der Waals surface area contributed by atoms with E-state index in [-0.39, 0.29) is 35.8 Å². The van der Waals surface area contributed by atoms with Crippen molar-refractivity contribution >= 4 is 47.4 Å². The maximum atomic E-state index is 10.1. The molecule has 2 aromatic rings. The lowest BCUT2D eigenvalue weighted by molar-refractivity contribution is 0.411. The minimum atomic E-state index is 0. The number of phenolic OH excluding ortho intramolecular Hbond substituents is 1. The number of pyridine rings is 1. The summed E-state index contributed by atoms with van der Waals surface area (Å²) in [5.74, 6) is 2.43. The van der Waals surface area contributed by atoms with Gasteiger partial charge in [-0.05, 0) is 43.7 Å². The van der Waals surface area contributed by atoms with Gasteiger partial charge < -0.3 is 25.4 Å². The number of aromatic nitrogens is 1. The highest BCUT2D eigenvalue weighted by atomic mass is 127. The van der Waals surface area contributed by atoms with Gasteiger partial charge in [-0.1, -0.05) is 11.6 Å². The molecule has 0 radical (unpaired) electrons. The van der Waals surface area contributed by atoms with Gasteiger partial charge in [0.2, 0.25) is 0 Å². The summed E-state index contributed by atoms with van der Waals surface area (Å²) in [6.07, 6.45) is 2.72. The number of methoxy groups -OCH3 is 1. The molecule has 2 heterocycles. The first-order valence-electron chi connectivity index (χ1n) is 9.37. The largest absolute Gasteiger partial charge is 0.508 e. The molecule has 3 rings (SSSR count). The van der Waals surface area contributed by atoms with Gasteiger partial charge in [-0.2, -0.15) is 0 Å². The maximum Gasteiger partial charge on any atom is 0.191 e. The molecule has 7 nitrogen and oxygen atoms in total. The van der Waals surface area contributed by atoms with Crippen LogP contribution < -0.4 is 20.3 Å². The van der Waals surface area contributed by atoms with Crippen molar-refractivity contribution in [2.45, 2.75) is 25.9 Å². The fourth-order valence-corrected chi connectivity index (χ4v) is 3.41. The molecule has 1 saturated heterocycles. The molecular weight excluding hydrogens is 505 g/mol. The average molecular weight is 532 g/mol. The first-order chi connectivity index (χ1) is 13.6. The lowest BCUT2D eigenvalue weighted by atomic mass is 10.2. The van der Waals surface area contributed by atoms with Crippen molar-refractivity contribution in [2.75, 3.05) is 31.6 Å². The Kier molecular flexibility index (Phi) is 9.09. The van der Waals surface area contributed by atoms with Gasteiger partial charge in [0.15, 0.2) is 5.96 Å². The normalized spacial score (nSPS) is 16.3. The molecule has 1 atom stereocenters. The third kappa shape index (κ3) is 6.27. The van der Waals surface area contributed by atoms with Crippen molar-refractivity contribution in [2.24, 2.45) is 4.99 Å². The number of aliphatic imine (C=N–C) groups is 1. The zero-order chi connectivity index (χ0) is 19.9. The molecule has 1 aliphatic heterocycles. The Morgan fingerprint density at radius 3 is 2.97 bits per heavy atom. The highest BCUT2D eigenvalue weighted by Crippen LogP contribution is 2.26. The van der Waals surface area contributed by atoms with Crippen molar-refractivity contribution in [3.8, 4) is 11.5 Å². The van der Waals surface area contributed by atoms with Crippen LogP contribution >= 0.6 is 35.6 Å². The van der Waals surface area contributed by atoms with E-state index in [2.05, 4.69) is 25.5 Å². The van der Waals surface area contributed by atoms with E-state index < -0.39 is 0 Å². The second-order valence-corrected chi connectivity index (χ2v) is 6.98. The molecule has 1 fully saturated rings. The van der Waals surface area contributed by atoms with E-state index in [1.165, 1.54) is 0 Å². The summed E-state index contributed by atoms with van der Waals surface area (Å²) in [5.41, 5.74) is 0.713. The van der Waals surface area contributed by atoms with Gasteiger partial charge in [-0.3, -0.25) is 0 Å². The number of anilines is 1. The number of halogens is 2. The summed E-state index contributed by atoms with van der Waals surface area (Å²) < 4.78 is 5.22. The second-order valence-electron chi connectivity index (χ2n) is 6.57. The van der Waals surface area contributed by atoms with E-state index in [1.54, 1.807) is 31.5 Å². The number of phenols is 1. The molecule has 1 aromatic heterocycles. The van der Waals surface area contributed by atoms with Crippen LogP contribution in [0.1, 0.15) is 18.9 Å². The molecule has 1 aliphatic rings. The fraction of sp³-hybridized carbons (Fsp3) is 0.400. The number of hydrogen-bond donors (Lipinski definition) is 3. The van der Waals surface area contributed by atoms with Gasteiger partial charge in [0.1, 0.15) is 17.3 Å². The Morgan fingerprint density at radius 2 is 2.24 bits per heavy atom. The summed E-state index contributed by atoms with van der Waals surface area (Å²) in [5, 5.41) is 17.4. The molecule has 0 spiro atoms. The first kappa shape index (κ1) is 23.3. The van der Waals surface area contributed by atoms with Gasteiger partial charge in [0, 0.05) is 37.4 Å². The van der Waals surface area contributed by atoms with Gasteiger partial charge in [0.25, 0.3) is 0 Å². The van der Waals surface area contributed by atoms with Crippen LogP contribution in [0.25, 0.3) is 0 Å². The van der Waals surface area contributed by atoms with E-state index in [1.807, 2.05) is 19.1 Å². The van der Waals surface area contributed by atoms with Gasteiger partial charge in [-0.25, -0.2) is 9.98 Å². The molecule has 0 aliphatic carbocycles. The first-order valence-corrected chi connectivity index (χ1v) is 9.74.